The smallest absolute Gasteiger partial charge is 0.315 e. The van der Waals surface area contributed by atoms with E-state index in [-0.39, 0.29) is 23.3 Å². The quantitative estimate of drug-likeness (QED) is 0.262. The predicted octanol–water partition coefficient (Wildman–Crippen LogP) is 4.43. The molecule has 0 bridgehead atoms. The molecule has 7 rings (SSSR count). The van der Waals surface area contributed by atoms with E-state index in [2.05, 4.69) is 60.8 Å². The predicted molar refractivity (Wildman–Crippen MR) is 160 cm³/mol. The number of methoxy groups -OCH3 is 1. The number of hydrogen-bond acceptors (Lipinski definition) is 9. The molecule has 1 aliphatic carbocycles. The van der Waals surface area contributed by atoms with E-state index in [9.17, 15) is 4.79 Å². The van der Waals surface area contributed by atoms with Crippen LogP contribution in [0.15, 0.2) is 41.2 Å². The van der Waals surface area contributed by atoms with Crippen molar-refractivity contribution in [2.24, 2.45) is 0 Å². The fourth-order valence-electron chi connectivity index (χ4n) is 5.89. The topological polar surface area (TPSA) is 134 Å². The van der Waals surface area contributed by atoms with Gasteiger partial charge in [-0.25, -0.2) is 9.97 Å². The Morgan fingerprint density at radius 3 is 2.71 bits per heavy atom. The van der Waals surface area contributed by atoms with E-state index in [0.29, 0.717) is 5.82 Å². The van der Waals surface area contributed by atoms with Gasteiger partial charge in [0.1, 0.15) is 17.7 Å². The van der Waals surface area contributed by atoms with Crippen molar-refractivity contribution in [3.63, 3.8) is 0 Å². The summed E-state index contributed by atoms with van der Waals surface area (Å²) in [4.78, 5) is 32.3. The molecule has 2 fully saturated rings. The molecule has 3 N–H and O–H groups in total. The van der Waals surface area contributed by atoms with Crippen molar-refractivity contribution in [1.82, 2.24) is 35.7 Å². The fourth-order valence-corrected chi connectivity index (χ4v) is 5.89. The molecule has 3 aromatic heterocycles. The van der Waals surface area contributed by atoms with Crippen LogP contribution in [0.4, 0.5) is 5.69 Å². The minimum atomic E-state index is -0.376. The molecule has 4 heterocycles. The Labute approximate surface area is 243 Å². The number of piperazine rings is 1. The van der Waals surface area contributed by atoms with Crippen molar-refractivity contribution in [3.05, 3.63) is 59.5 Å². The van der Waals surface area contributed by atoms with Gasteiger partial charge in [-0.1, -0.05) is 24.2 Å². The molecule has 1 saturated carbocycles. The molecular formula is C31H34N8O3. The molecule has 2 aromatic carbocycles. The first-order valence-corrected chi connectivity index (χ1v) is 14.4. The maximum Gasteiger partial charge on any atom is 0.315 e. The number of carbonyl (C=O) groups is 1. The number of hydrogen-bond donors (Lipinski definition) is 3. The summed E-state index contributed by atoms with van der Waals surface area (Å²) in [7, 11) is 1.71. The van der Waals surface area contributed by atoms with Crippen molar-refractivity contribution >= 4 is 33.5 Å². The summed E-state index contributed by atoms with van der Waals surface area (Å²) in [5, 5.41) is 12.4. The lowest BCUT2D eigenvalue weighted by molar-refractivity contribution is 0.0895. The minimum absolute atomic E-state index is 0.00231. The van der Waals surface area contributed by atoms with E-state index in [0.717, 1.165) is 94.8 Å². The number of H-pyrrole nitrogens is 1. The Bertz CT molecular complexity index is 1820. The van der Waals surface area contributed by atoms with Gasteiger partial charge in [-0.15, -0.1) is 0 Å². The van der Waals surface area contributed by atoms with Gasteiger partial charge < -0.3 is 29.8 Å². The van der Waals surface area contributed by atoms with E-state index >= 15 is 0 Å². The number of rotatable bonds is 7. The number of anilines is 1. The van der Waals surface area contributed by atoms with E-state index in [4.69, 9.17) is 14.2 Å². The molecule has 0 unspecified atom stereocenters. The Hall–Kier alpha value is -4.51. The van der Waals surface area contributed by atoms with Crippen LogP contribution in [0.3, 0.4) is 0 Å². The normalized spacial score (nSPS) is 17.0. The van der Waals surface area contributed by atoms with Crippen molar-refractivity contribution in [1.29, 1.82) is 0 Å². The lowest BCUT2D eigenvalue weighted by Crippen LogP contribution is -2.43. The van der Waals surface area contributed by atoms with Gasteiger partial charge in [-0.2, -0.15) is 4.98 Å². The van der Waals surface area contributed by atoms with Crippen LogP contribution in [0.1, 0.15) is 60.4 Å². The number of nitrogens with zero attached hydrogens (tertiary/aromatic N) is 5. The summed E-state index contributed by atoms with van der Waals surface area (Å²) < 4.78 is 11.1. The first-order valence-electron chi connectivity index (χ1n) is 14.4. The minimum Gasteiger partial charge on any atom is -0.495 e. The molecule has 5 aromatic rings. The Morgan fingerprint density at radius 1 is 1.17 bits per heavy atom. The largest absolute Gasteiger partial charge is 0.495 e. The van der Waals surface area contributed by atoms with Gasteiger partial charge in [-0.3, -0.25) is 4.79 Å². The summed E-state index contributed by atoms with van der Waals surface area (Å²) in [6, 6.07) is 10.2. The zero-order valence-electron chi connectivity index (χ0n) is 24.2. The lowest BCUT2D eigenvalue weighted by atomic mass is 9.97. The average molecular weight is 567 g/mol. The van der Waals surface area contributed by atoms with Gasteiger partial charge in [-0.05, 0) is 56.0 Å². The number of aromatic amines is 1. The number of aryl methyl sites for hydroxylation is 1. The van der Waals surface area contributed by atoms with Crippen LogP contribution in [-0.2, 0) is 5.41 Å². The third kappa shape index (κ3) is 4.53. The molecule has 42 heavy (non-hydrogen) atoms. The molecule has 2 aliphatic rings. The van der Waals surface area contributed by atoms with E-state index in [1.807, 2.05) is 26.0 Å². The van der Waals surface area contributed by atoms with Crippen LogP contribution in [0, 0.1) is 6.92 Å². The first-order chi connectivity index (χ1) is 20.3. The Kier molecular flexibility index (Phi) is 6.34. The molecule has 11 heteroatoms. The highest BCUT2D eigenvalue weighted by atomic mass is 16.5. The van der Waals surface area contributed by atoms with Crippen molar-refractivity contribution in [3.8, 4) is 17.0 Å². The highest BCUT2D eigenvalue weighted by molar-refractivity contribution is 6.13. The van der Waals surface area contributed by atoms with Crippen LogP contribution < -0.4 is 20.3 Å². The number of amides is 1. The standard InChI is InChI=1S/C31H34N8O3/c1-17-13-19(5-6-20(17)18(2)35-28(40)29-37-30(38-42-29)31(3)7-8-31)26-25-21-14-24(41-4)23(39-11-9-32-10-12-39)15-22(21)36-27(25)34-16-33-26/h5-6,13-16,18,32H,7-12H2,1-4H3,(H,35,40)(H,33,34,36)/t18-/m1/s1. The van der Waals surface area contributed by atoms with Gasteiger partial charge in [0.25, 0.3) is 0 Å². The number of ether oxygens (including phenoxy) is 1. The second-order valence-electron chi connectivity index (χ2n) is 11.6. The van der Waals surface area contributed by atoms with Gasteiger partial charge >= 0.3 is 11.8 Å². The fraction of sp³-hybridized carbons (Fsp3) is 0.387. The Morgan fingerprint density at radius 2 is 1.98 bits per heavy atom. The maximum absolute atomic E-state index is 12.9. The molecule has 1 aliphatic heterocycles. The third-order valence-electron chi connectivity index (χ3n) is 8.66. The molecule has 1 atom stereocenters. The zero-order chi connectivity index (χ0) is 29.0. The highest BCUT2D eigenvalue weighted by Crippen LogP contribution is 2.46. The number of benzene rings is 2. The van der Waals surface area contributed by atoms with Crippen LogP contribution >= 0.6 is 0 Å². The van der Waals surface area contributed by atoms with Crippen molar-refractivity contribution in [2.45, 2.75) is 45.1 Å². The van der Waals surface area contributed by atoms with Gasteiger partial charge in [0.15, 0.2) is 5.82 Å². The molecule has 1 amide bonds. The molecule has 0 spiro atoms. The SMILES string of the molecule is COc1cc2c(cc1N1CCNCC1)[nH]c1ncnc(-c3ccc([C@@H](C)NC(=O)c4nc(C5(C)CC5)no4)c(C)c3)c12. The molecule has 11 nitrogen and oxygen atoms in total. The number of nitrogens with one attached hydrogen (secondary N) is 3. The van der Waals surface area contributed by atoms with E-state index in [1.54, 1.807) is 13.4 Å². The van der Waals surface area contributed by atoms with Crippen LogP contribution in [-0.4, -0.2) is 64.3 Å². The maximum atomic E-state index is 12.9. The Balaban J connectivity index is 1.19. The number of aromatic nitrogens is 5. The second-order valence-corrected chi connectivity index (χ2v) is 11.6. The van der Waals surface area contributed by atoms with E-state index in [1.165, 1.54) is 0 Å². The van der Waals surface area contributed by atoms with Crippen molar-refractivity contribution in [2.75, 3.05) is 38.2 Å². The molecule has 216 valence electrons. The van der Waals surface area contributed by atoms with Crippen LogP contribution in [0.25, 0.3) is 33.2 Å². The van der Waals surface area contributed by atoms with Crippen LogP contribution in [0.5, 0.6) is 5.75 Å². The monoisotopic (exact) mass is 566 g/mol. The van der Waals surface area contributed by atoms with Gasteiger partial charge in [0.2, 0.25) is 0 Å². The second kappa shape index (κ2) is 10.1. The summed E-state index contributed by atoms with van der Waals surface area (Å²) in [5.41, 5.74) is 6.60. The average Bonchev–Trinajstić information content (AvgIpc) is 3.40. The molecule has 1 saturated heterocycles. The van der Waals surface area contributed by atoms with Gasteiger partial charge in [0.05, 0.1) is 35.4 Å². The highest BCUT2D eigenvalue weighted by Gasteiger charge is 2.44. The van der Waals surface area contributed by atoms with Crippen molar-refractivity contribution < 1.29 is 14.1 Å². The summed E-state index contributed by atoms with van der Waals surface area (Å²) in [5.74, 6) is 1.06. The van der Waals surface area contributed by atoms with Gasteiger partial charge in [0, 0.05) is 42.5 Å². The summed E-state index contributed by atoms with van der Waals surface area (Å²) in [6.07, 6.45) is 3.62. The molecule has 0 radical (unpaired) electrons. The summed E-state index contributed by atoms with van der Waals surface area (Å²) in [6.45, 7) is 9.80. The number of carbonyl (C=O) groups excluding carboxylic acids is 1. The molecular weight excluding hydrogens is 532 g/mol. The van der Waals surface area contributed by atoms with E-state index < -0.39 is 0 Å². The number of fused-ring (bicyclic) bond motifs is 3. The zero-order valence-corrected chi connectivity index (χ0v) is 24.2. The first kappa shape index (κ1) is 26.4. The third-order valence-corrected chi connectivity index (χ3v) is 8.66. The van der Waals surface area contributed by atoms with Crippen LogP contribution in [0.2, 0.25) is 0 Å². The summed E-state index contributed by atoms with van der Waals surface area (Å²) >= 11 is 0. The lowest BCUT2D eigenvalue weighted by Gasteiger charge is -2.30.